The Morgan fingerprint density at radius 2 is 1.53 bits per heavy atom. The van der Waals surface area contributed by atoms with Crippen LogP contribution in [-0.2, 0) is 20.2 Å². The van der Waals surface area contributed by atoms with Gasteiger partial charge in [-0.3, -0.25) is 4.79 Å². The van der Waals surface area contributed by atoms with Crippen molar-refractivity contribution in [2.45, 2.75) is 43.9 Å². The number of nitrogens with zero attached hydrogens (tertiary/aromatic N) is 1. The summed E-state index contributed by atoms with van der Waals surface area (Å²) in [5, 5.41) is 2.51. The Bertz CT molecular complexity index is 1000. The van der Waals surface area contributed by atoms with Crippen LogP contribution < -0.4 is 5.32 Å². The molecule has 30 heavy (non-hydrogen) atoms. The van der Waals surface area contributed by atoms with Crippen LogP contribution in [0.15, 0.2) is 47.4 Å². The number of piperidine rings is 1. The molecule has 0 unspecified atom stereocenters. The van der Waals surface area contributed by atoms with Crippen molar-refractivity contribution in [2.24, 2.45) is 5.92 Å². The van der Waals surface area contributed by atoms with E-state index >= 15 is 0 Å². The zero-order chi connectivity index (χ0) is 22.1. The van der Waals surface area contributed by atoms with Crippen molar-refractivity contribution >= 4 is 21.6 Å². The highest BCUT2D eigenvalue weighted by molar-refractivity contribution is 7.89. The minimum atomic E-state index is -3.64. The number of sulfonamides is 1. The van der Waals surface area contributed by atoms with Gasteiger partial charge in [0.2, 0.25) is 15.9 Å². The van der Waals surface area contributed by atoms with Crippen molar-refractivity contribution in [1.82, 2.24) is 4.31 Å². The monoisotopic (exact) mass is 436 g/mol. The van der Waals surface area contributed by atoms with Gasteiger partial charge >= 0.3 is 0 Å². The lowest BCUT2D eigenvalue weighted by molar-refractivity contribution is -0.120. The molecule has 1 heterocycles. The van der Waals surface area contributed by atoms with Crippen molar-refractivity contribution in [3.63, 3.8) is 0 Å². The van der Waals surface area contributed by atoms with Gasteiger partial charge in [0.05, 0.1) is 4.90 Å². The molecule has 0 radical (unpaired) electrons. The van der Waals surface area contributed by atoms with Crippen LogP contribution >= 0.6 is 0 Å². The summed E-state index contributed by atoms with van der Waals surface area (Å²) < 4.78 is 53.8. The molecule has 1 saturated heterocycles. The van der Waals surface area contributed by atoms with Crippen molar-refractivity contribution in [2.75, 3.05) is 18.4 Å². The minimum Gasteiger partial charge on any atom is -0.326 e. The number of carbonyl (C=O) groups excluding carboxylic acids is 1. The second-order valence-corrected chi connectivity index (χ2v) is 10.5. The molecule has 0 aliphatic carbocycles. The Morgan fingerprint density at radius 3 is 2.03 bits per heavy atom. The molecule has 162 valence electrons. The lowest BCUT2D eigenvalue weighted by Crippen LogP contribution is -2.41. The van der Waals surface area contributed by atoms with Gasteiger partial charge in [-0.2, -0.15) is 4.31 Å². The molecular weight excluding hydrogens is 410 g/mol. The molecule has 0 spiro atoms. The summed E-state index contributed by atoms with van der Waals surface area (Å²) in [5.74, 6) is -2.34. The molecule has 0 atom stereocenters. The summed E-state index contributed by atoms with van der Waals surface area (Å²) in [4.78, 5) is 12.7. The van der Waals surface area contributed by atoms with Crippen LogP contribution in [0, 0.1) is 17.6 Å². The summed E-state index contributed by atoms with van der Waals surface area (Å²) >= 11 is 0. The molecule has 0 saturated carbocycles. The van der Waals surface area contributed by atoms with Gasteiger partial charge in [0.25, 0.3) is 0 Å². The molecule has 1 aliphatic rings. The SMILES string of the molecule is CC(C)(C)c1ccc(S(=O)(=O)N2CCC(C(=O)Nc3cc(F)cc(F)c3)CC2)cc1. The van der Waals surface area contributed by atoms with Gasteiger partial charge in [0.15, 0.2) is 0 Å². The Labute approximate surface area is 176 Å². The number of nitrogens with one attached hydrogen (secondary N) is 1. The van der Waals surface area contributed by atoms with Crippen LogP contribution in [0.25, 0.3) is 0 Å². The van der Waals surface area contributed by atoms with Gasteiger partial charge in [-0.05, 0) is 48.1 Å². The predicted octanol–water partition coefficient (Wildman–Crippen LogP) is 4.30. The first-order valence-electron chi connectivity index (χ1n) is 9.84. The quantitative estimate of drug-likeness (QED) is 0.777. The number of rotatable bonds is 4. The number of halogens is 2. The van der Waals surface area contributed by atoms with E-state index in [0.29, 0.717) is 12.8 Å². The van der Waals surface area contributed by atoms with Crippen LogP contribution in [0.2, 0.25) is 0 Å². The maximum absolute atomic E-state index is 13.3. The minimum absolute atomic E-state index is 0.0477. The van der Waals surface area contributed by atoms with Gasteiger partial charge in [-0.1, -0.05) is 32.9 Å². The van der Waals surface area contributed by atoms with E-state index in [1.54, 1.807) is 12.1 Å². The summed E-state index contributed by atoms with van der Waals surface area (Å²) in [6.07, 6.45) is 0.672. The third kappa shape index (κ3) is 5.05. The smallest absolute Gasteiger partial charge is 0.243 e. The predicted molar refractivity (Wildman–Crippen MR) is 112 cm³/mol. The molecule has 5 nitrogen and oxygen atoms in total. The molecular formula is C22H26F2N2O3S. The number of hydrogen-bond donors (Lipinski definition) is 1. The maximum Gasteiger partial charge on any atom is 0.243 e. The third-order valence-electron chi connectivity index (χ3n) is 5.31. The van der Waals surface area contributed by atoms with E-state index in [0.717, 1.165) is 23.8 Å². The molecule has 3 rings (SSSR count). The number of hydrogen-bond acceptors (Lipinski definition) is 3. The average Bonchev–Trinajstić information content (AvgIpc) is 2.66. The largest absolute Gasteiger partial charge is 0.326 e. The first-order valence-corrected chi connectivity index (χ1v) is 11.3. The zero-order valence-corrected chi connectivity index (χ0v) is 18.1. The second kappa shape index (κ2) is 8.43. The Morgan fingerprint density at radius 1 is 1.00 bits per heavy atom. The van der Waals surface area contributed by atoms with Crippen molar-refractivity contribution in [3.8, 4) is 0 Å². The summed E-state index contributed by atoms with van der Waals surface area (Å²) in [5.41, 5.74) is 1.02. The summed E-state index contributed by atoms with van der Waals surface area (Å²) in [6.45, 7) is 6.59. The topological polar surface area (TPSA) is 66.5 Å². The Balaban J connectivity index is 1.63. The van der Waals surface area contributed by atoms with Gasteiger partial charge in [-0.15, -0.1) is 0 Å². The van der Waals surface area contributed by atoms with Gasteiger partial charge in [0, 0.05) is 30.8 Å². The first-order chi connectivity index (χ1) is 14.0. The Kier molecular flexibility index (Phi) is 6.29. The van der Waals surface area contributed by atoms with Gasteiger partial charge < -0.3 is 5.32 Å². The van der Waals surface area contributed by atoms with Crippen LogP contribution in [0.4, 0.5) is 14.5 Å². The molecule has 2 aromatic rings. The van der Waals surface area contributed by atoms with E-state index in [9.17, 15) is 22.0 Å². The van der Waals surface area contributed by atoms with Gasteiger partial charge in [0.1, 0.15) is 11.6 Å². The fourth-order valence-corrected chi connectivity index (χ4v) is 4.97. The fourth-order valence-electron chi connectivity index (χ4n) is 3.50. The van der Waals surface area contributed by atoms with Crippen molar-refractivity contribution in [1.29, 1.82) is 0 Å². The van der Waals surface area contributed by atoms with E-state index in [4.69, 9.17) is 0 Å². The third-order valence-corrected chi connectivity index (χ3v) is 7.23. The van der Waals surface area contributed by atoms with E-state index in [-0.39, 0.29) is 35.0 Å². The zero-order valence-electron chi connectivity index (χ0n) is 17.3. The van der Waals surface area contributed by atoms with Crippen LogP contribution in [0.5, 0.6) is 0 Å². The molecule has 8 heteroatoms. The molecule has 2 aromatic carbocycles. The van der Waals surface area contributed by atoms with Crippen LogP contribution in [0.1, 0.15) is 39.2 Å². The van der Waals surface area contributed by atoms with Gasteiger partial charge in [-0.25, -0.2) is 17.2 Å². The standard InChI is InChI=1S/C22H26F2N2O3S/c1-22(2,3)16-4-6-20(7-5-16)30(28,29)26-10-8-15(9-11-26)21(27)25-19-13-17(23)12-18(24)14-19/h4-7,12-15H,8-11H2,1-3H3,(H,25,27). The molecule has 1 aliphatic heterocycles. The van der Waals surface area contributed by atoms with E-state index < -0.39 is 27.6 Å². The number of amides is 1. The summed E-state index contributed by atoms with van der Waals surface area (Å²) in [7, 11) is -3.64. The summed E-state index contributed by atoms with van der Waals surface area (Å²) in [6, 6.07) is 9.70. The van der Waals surface area contributed by atoms with E-state index in [1.165, 1.54) is 4.31 Å². The lowest BCUT2D eigenvalue weighted by atomic mass is 9.87. The second-order valence-electron chi connectivity index (χ2n) is 8.60. The maximum atomic E-state index is 13.3. The Hall–Kier alpha value is -2.32. The van der Waals surface area contributed by atoms with Crippen LogP contribution in [0.3, 0.4) is 0 Å². The number of carbonyl (C=O) groups is 1. The molecule has 1 fully saturated rings. The normalized spacial score (nSPS) is 16.4. The molecule has 0 bridgehead atoms. The van der Waals surface area contributed by atoms with Crippen LogP contribution in [-0.4, -0.2) is 31.7 Å². The highest BCUT2D eigenvalue weighted by Crippen LogP contribution is 2.27. The molecule has 1 N–H and O–H groups in total. The highest BCUT2D eigenvalue weighted by Gasteiger charge is 2.32. The van der Waals surface area contributed by atoms with E-state index in [2.05, 4.69) is 26.1 Å². The van der Waals surface area contributed by atoms with Crippen molar-refractivity contribution in [3.05, 3.63) is 59.7 Å². The highest BCUT2D eigenvalue weighted by atomic mass is 32.2. The number of anilines is 1. The number of benzene rings is 2. The fraction of sp³-hybridized carbons (Fsp3) is 0.409. The lowest BCUT2D eigenvalue weighted by Gasteiger charge is -2.30. The first kappa shape index (κ1) is 22.4. The van der Waals surface area contributed by atoms with E-state index in [1.807, 2.05) is 12.1 Å². The molecule has 1 amide bonds. The van der Waals surface area contributed by atoms with Crippen molar-refractivity contribution < 1.29 is 22.0 Å². The average molecular weight is 437 g/mol. The molecule has 0 aromatic heterocycles.